The highest BCUT2D eigenvalue weighted by atomic mass is 127. The van der Waals surface area contributed by atoms with E-state index in [2.05, 4.69) is 38.5 Å². The number of nitrogens with one attached hydrogen (secondary N) is 3. The van der Waals surface area contributed by atoms with Gasteiger partial charge in [0.1, 0.15) is 24.7 Å². The Kier molecular flexibility index (Phi) is 11.3. The third-order valence-corrected chi connectivity index (χ3v) is 7.07. The molecule has 40 heavy (non-hydrogen) atoms. The Bertz CT molecular complexity index is 1210. The second-order valence-electron chi connectivity index (χ2n) is 9.62. The summed E-state index contributed by atoms with van der Waals surface area (Å²) in [6.45, 7) is 1.65. The summed E-state index contributed by atoms with van der Waals surface area (Å²) in [5, 5.41) is 8.02. The van der Waals surface area contributed by atoms with Gasteiger partial charge < -0.3 is 30.5 Å². The van der Waals surface area contributed by atoms with Crippen LogP contribution in [0, 0.1) is 3.57 Å². The zero-order valence-electron chi connectivity index (χ0n) is 22.7. The average Bonchev–Trinajstić information content (AvgIpc) is 3.44. The highest BCUT2D eigenvalue weighted by molar-refractivity contribution is 14.1. The van der Waals surface area contributed by atoms with Gasteiger partial charge in [0.05, 0.1) is 0 Å². The number of carbonyl (C=O) groups is 5. The van der Waals surface area contributed by atoms with Crippen LogP contribution in [0.4, 0.5) is 4.79 Å². The fraction of sp³-hybridized carbons (Fsp3) is 0.393. The molecule has 11 nitrogen and oxygen atoms in total. The summed E-state index contributed by atoms with van der Waals surface area (Å²) in [6.07, 6.45) is 1.09. The van der Waals surface area contributed by atoms with Gasteiger partial charge >= 0.3 is 12.0 Å². The molecule has 5 amide bonds. The van der Waals surface area contributed by atoms with Gasteiger partial charge in [0.15, 0.2) is 0 Å². The predicted molar refractivity (Wildman–Crippen MR) is 156 cm³/mol. The van der Waals surface area contributed by atoms with Gasteiger partial charge in [-0.25, -0.2) is 9.59 Å². The summed E-state index contributed by atoms with van der Waals surface area (Å²) in [7, 11) is 3.03. The van der Waals surface area contributed by atoms with Gasteiger partial charge in [-0.05, 0) is 72.2 Å². The summed E-state index contributed by atoms with van der Waals surface area (Å²) in [5.74, 6) is -2.04. The first-order chi connectivity index (χ1) is 19.1. The van der Waals surface area contributed by atoms with Crippen LogP contribution in [0.3, 0.4) is 0 Å². The number of likely N-dealkylation sites (tertiary alicyclic amines) is 1. The predicted octanol–water partition coefficient (Wildman–Crippen LogP) is 1.90. The summed E-state index contributed by atoms with van der Waals surface area (Å²) in [4.78, 5) is 66.7. The fourth-order valence-electron chi connectivity index (χ4n) is 4.09. The Balaban J connectivity index is 1.62. The Hall–Kier alpha value is -3.68. The lowest BCUT2D eigenvalue weighted by Crippen LogP contribution is -2.56. The van der Waals surface area contributed by atoms with Crippen molar-refractivity contribution in [1.82, 2.24) is 25.8 Å². The first kappa shape index (κ1) is 30.9. The minimum Gasteiger partial charge on any atom is -0.461 e. The van der Waals surface area contributed by atoms with E-state index in [1.807, 2.05) is 30.3 Å². The zero-order chi connectivity index (χ0) is 29.2. The Morgan fingerprint density at radius 3 is 2.35 bits per heavy atom. The SMILES string of the molecule is C[C@@H](NC(=O)c1ccc(I)cc1)C(=O)OC[C@H](NC(=O)N(C)C)C(=O)N1CCC[C@@H]1C(=O)NCc1ccccc1. The molecule has 0 spiro atoms. The largest absolute Gasteiger partial charge is 0.461 e. The molecule has 1 fully saturated rings. The lowest BCUT2D eigenvalue weighted by molar-refractivity contribution is -0.149. The Morgan fingerprint density at radius 1 is 1.02 bits per heavy atom. The number of benzene rings is 2. The van der Waals surface area contributed by atoms with Crippen LogP contribution in [0.25, 0.3) is 0 Å². The highest BCUT2D eigenvalue weighted by Crippen LogP contribution is 2.19. The van der Waals surface area contributed by atoms with Crippen molar-refractivity contribution in [3.63, 3.8) is 0 Å². The Labute approximate surface area is 247 Å². The van der Waals surface area contributed by atoms with Crippen molar-refractivity contribution in [1.29, 1.82) is 0 Å². The smallest absolute Gasteiger partial charge is 0.328 e. The van der Waals surface area contributed by atoms with Crippen molar-refractivity contribution in [2.24, 2.45) is 0 Å². The van der Waals surface area contributed by atoms with Crippen molar-refractivity contribution in [2.75, 3.05) is 27.2 Å². The molecule has 2 aromatic rings. The van der Waals surface area contributed by atoms with Crippen molar-refractivity contribution in [3.8, 4) is 0 Å². The molecule has 0 unspecified atom stereocenters. The number of ether oxygens (including phenoxy) is 1. The second kappa shape index (κ2) is 14.6. The molecule has 3 N–H and O–H groups in total. The molecule has 0 bridgehead atoms. The van der Waals surface area contributed by atoms with Gasteiger partial charge in [-0.3, -0.25) is 14.4 Å². The molecule has 12 heteroatoms. The molecule has 0 radical (unpaired) electrons. The number of urea groups is 1. The van der Waals surface area contributed by atoms with Gasteiger partial charge in [-0.1, -0.05) is 30.3 Å². The quantitative estimate of drug-likeness (QED) is 0.263. The van der Waals surface area contributed by atoms with E-state index in [4.69, 9.17) is 4.74 Å². The van der Waals surface area contributed by atoms with Crippen LogP contribution in [-0.4, -0.2) is 84.9 Å². The van der Waals surface area contributed by atoms with Crippen LogP contribution < -0.4 is 16.0 Å². The molecule has 3 atom stereocenters. The van der Waals surface area contributed by atoms with Crippen LogP contribution >= 0.6 is 22.6 Å². The summed E-state index contributed by atoms with van der Waals surface area (Å²) >= 11 is 2.12. The van der Waals surface area contributed by atoms with E-state index in [9.17, 15) is 24.0 Å². The molecule has 1 aliphatic rings. The summed E-state index contributed by atoms with van der Waals surface area (Å²) in [5.41, 5.74) is 1.31. The fourth-order valence-corrected chi connectivity index (χ4v) is 4.45. The van der Waals surface area contributed by atoms with Crippen LogP contribution in [0.2, 0.25) is 0 Å². The van der Waals surface area contributed by atoms with Gasteiger partial charge in [-0.15, -0.1) is 0 Å². The van der Waals surface area contributed by atoms with Crippen LogP contribution in [0.15, 0.2) is 54.6 Å². The van der Waals surface area contributed by atoms with E-state index in [1.165, 1.54) is 30.8 Å². The molecule has 1 saturated heterocycles. The molecular formula is C28H34IN5O6. The number of halogens is 1. The first-order valence-electron chi connectivity index (χ1n) is 12.9. The van der Waals surface area contributed by atoms with Crippen molar-refractivity contribution >= 4 is 52.3 Å². The normalized spacial score (nSPS) is 15.9. The summed E-state index contributed by atoms with van der Waals surface area (Å²) < 4.78 is 6.31. The average molecular weight is 664 g/mol. The summed E-state index contributed by atoms with van der Waals surface area (Å²) in [6, 6.07) is 12.8. The van der Waals surface area contributed by atoms with Crippen LogP contribution in [0.1, 0.15) is 35.7 Å². The molecule has 0 aromatic heterocycles. The van der Waals surface area contributed by atoms with Crippen molar-refractivity contribution < 1.29 is 28.7 Å². The standard InChI is InChI=1S/C28H34IN5O6/c1-18(31-24(35)20-11-13-21(29)14-12-20)27(38)40-17-22(32-28(39)33(2)3)26(37)34-15-7-10-23(34)25(36)30-16-19-8-5-4-6-9-19/h4-6,8-9,11-14,18,22-23H,7,10,15-17H2,1-3H3,(H,30,36)(H,31,35)(H,32,39)/t18-,22+,23-/m1/s1. The van der Waals surface area contributed by atoms with E-state index >= 15 is 0 Å². The van der Waals surface area contributed by atoms with Crippen LogP contribution in [-0.2, 0) is 25.7 Å². The number of rotatable bonds is 10. The number of hydrogen-bond acceptors (Lipinski definition) is 6. The Morgan fingerprint density at radius 2 is 1.70 bits per heavy atom. The lowest BCUT2D eigenvalue weighted by atomic mass is 10.1. The third-order valence-electron chi connectivity index (χ3n) is 6.35. The second-order valence-corrected chi connectivity index (χ2v) is 10.9. The van der Waals surface area contributed by atoms with Crippen molar-refractivity contribution in [2.45, 2.75) is 44.4 Å². The maximum Gasteiger partial charge on any atom is 0.328 e. The molecule has 214 valence electrons. The maximum atomic E-state index is 13.5. The van der Waals surface area contributed by atoms with E-state index in [0.29, 0.717) is 31.5 Å². The number of hydrogen-bond donors (Lipinski definition) is 3. The van der Waals surface area contributed by atoms with E-state index in [-0.39, 0.29) is 5.91 Å². The van der Waals surface area contributed by atoms with E-state index in [0.717, 1.165) is 9.13 Å². The third kappa shape index (κ3) is 8.66. The molecule has 2 aromatic carbocycles. The topological polar surface area (TPSA) is 137 Å². The number of amides is 5. The molecule has 0 aliphatic carbocycles. The van der Waals surface area contributed by atoms with E-state index in [1.54, 1.807) is 24.3 Å². The van der Waals surface area contributed by atoms with Gasteiger partial charge in [0.2, 0.25) is 11.8 Å². The molecule has 1 aliphatic heterocycles. The number of carbonyl (C=O) groups excluding carboxylic acids is 5. The lowest BCUT2D eigenvalue weighted by Gasteiger charge is -2.29. The molecule has 3 rings (SSSR count). The molecule has 1 heterocycles. The molecule has 0 saturated carbocycles. The van der Waals surface area contributed by atoms with Crippen LogP contribution in [0.5, 0.6) is 0 Å². The minimum atomic E-state index is -1.22. The van der Waals surface area contributed by atoms with E-state index < -0.39 is 48.5 Å². The maximum absolute atomic E-state index is 13.5. The van der Waals surface area contributed by atoms with Gasteiger partial charge in [0, 0.05) is 36.3 Å². The highest BCUT2D eigenvalue weighted by Gasteiger charge is 2.38. The zero-order valence-corrected chi connectivity index (χ0v) is 24.8. The first-order valence-corrected chi connectivity index (χ1v) is 14.0. The monoisotopic (exact) mass is 663 g/mol. The van der Waals surface area contributed by atoms with Gasteiger partial charge in [-0.2, -0.15) is 0 Å². The van der Waals surface area contributed by atoms with Crippen molar-refractivity contribution in [3.05, 3.63) is 69.3 Å². The number of nitrogens with zero attached hydrogens (tertiary/aromatic N) is 2. The number of esters is 1. The van der Waals surface area contributed by atoms with Gasteiger partial charge in [0.25, 0.3) is 5.91 Å². The molecular weight excluding hydrogens is 629 g/mol. The minimum absolute atomic E-state index is 0.295.